The Morgan fingerprint density at radius 2 is 1.90 bits per heavy atom. The SMILES string of the molecule is CCC[C@@H](C)[C@H]1C(=O)C(=O)[C@H]2[C@@H]3C(O)CC4CCCC[C@]4(C(=O)O)[C@H]3CC[C@]12C. The molecule has 5 nitrogen and oxygen atoms in total. The number of hydrogen-bond donors (Lipinski definition) is 2. The van der Waals surface area contributed by atoms with Gasteiger partial charge in [-0.05, 0) is 61.2 Å². The Morgan fingerprint density at radius 3 is 2.55 bits per heavy atom. The first kappa shape index (κ1) is 21.0. The molecule has 0 aliphatic heterocycles. The van der Waals surface area contributed by atoms with Crippen LogP contribution in [0.15, 0.2) is 0 Å². The van der Waals surface area contributed by atoms with Crippen molar-refractivity contribution in [2.75, 3.05) is 0 Å². The van der Waals surface area contributed by atoms with E-state index in [1.165, 1.54) is 0 Å². The molecule has 0 saturated heterocycles. The monoisotopic (exact) mass is 404 g/mol. The maximum absolute atomic E-state index is 13.3. The van der Waals surface area contributed by atoms with Gasteiger partial charge >= 0.3 is 5.97 Å². The maximum atomic E-state index is 13.3. The van der Waals surface area contributed by atoms with Gasteiger partial charge in [0.1, 0.15) is 0 Å². The van der Waals surface area contributed by atoms with Crippen molar-refractivity contribution in [2.45, 2.75) is 84.7 Å². The van der Waals surface area contributed by atoms with Crippen molar-refractivity contribution in [3.05, 3.63) is 0 Å². The van der Waals surface area contributed by atoms with E-state index in [0.29, 0.717) is 25.7 Å². The first-order valence-electron chi connectivity index (χ1n) is 11.7. The van der Waals surface area contributed by atoms with E-state index in [9.17, 15) is 24.6 Å². The van der Waals surface area contributed by atoms with Gasteiger partial charge < -0.3 is 10.2 Å². The van der Waals surface area contributed by atoms with Crippen molar-refractivity contribution in [3.63, 3.8) is 0 Å². The van der Waals surface area contributed by atoms with E-state index in [0.717, 1.165) is 32.1 Å². The Hall–Kier alpha value is -1.23. The zero-order valence-corrected chi connectivity index (χ0v) is 18.0. The van der Waals surface area contributed by atoms with E-state index >= 15 is 0 Å². The highest BCUT2D eigenvalue weighted by Crippen LogP contribution is 2.67. The molecule has 9 atom stereocenters. The quantitative estimate of drug-likeness (QED) is 0.694. The summed E-state index contributed by atoms with van der Waals surface area (Å²) in [5, 5.41) is 21.5. The highest BCUT2D eigenvalue weighted by molar-refractivity contribution is 6.41. The number of aliphatic hydroxyl groups is 1. The molecule has 0 heterocycles. The number of hydrogen-bond acceptors (Lipinski definition) is 4. The smallest absolute Gasteiger partial charge is 0.310 e. The van der Waals surface area contributed by atoms with Crippen LogP contribution in [0.1, 0.15) is 78.6 Å². The van der Waals surface area contributed by atoms with E-state index in [2.05, 4.69) is 20.8 Å². The van der Waals surface area contributed by atoms with E-state index in [-0.39, 0.29) is 35.2 Å². The van der Waals surface area contributed by atoms with Gasteiger partial charge in [-0.25, -0.2) is 0 Å². The molecule has 0 spiro atoms. The summed E-state index contributed by atoms with van der Waals surface area (Å²) in [5.41, 5.74) is -1.29. The van der Waals surface area contributed by atoms with Gasteiger partial charge in [0.2, 0.25) is 11.6 Å². The second kappa shape index (κ2) is 7.18. The fraction of sp³-hybridized carbons (Fsp3) is 0.875. The van der Waals surface area contributed by atoms with Gasteiger partial charge in [-0.2, -0.15) is 0 Å². The highest BCUT2D eigenvalue weighted by atomic mass is 16.4. The minimum Gasteiger partial charge on any atom is -0.481 e. The first-order valence-corrected chi connectivity index (χ1v) is 11.7. The number of aliphatic carboxylic acids is 1. The molecule has 4 fully saturated rings. The fourth-order valence-electron chi connectivity index (χ4n) is 8.51. The Bertz CT molecular complexity index is 716. The van der Waals surface area contributed by atoms with Crippen LogP contribution in [0.2, 0.25) is 0 Å². The zero-order chi connectivity index (χ0) is 21.1. The number of carboxylic acid groups (broad SMARTS) is 1. The highest BCUT2D eigenvalue weighted by Gasteiger charge is 2.70. The van der Waals surface area contributed by atoms with Crippen molar-refractivity contribution in [1.29, 1.82) is 0 Å². The van der Waals surface area contributed by atoms with Gasteiger partial charge in [-0.15, -0.1) is 0 Å². The normalized spacial score (nSPS) is 47.9. The van der Waals surface area contributed by atoms with E-state index in [4.69, 9.17) is 0 Å². The predicted molar refractivity (Wildman–Crippen MR) is 108 cm³/mol. The van der Waals surface area contributed by atoms with Gasteiger partial charge in [0, 0.05) is 11.8 Å². The second-order valence-corrected chi connectivity index (χ2v) is 10.8. The lowest BCUT2D eigenvalue weighted by molar-refractivity contribution is -0.197. The number of carbonyl (C=O) groups is 3. The molecule has 0 radical (unpaired) electrons. The van der Waals surface area contributed by atoms with Crippen LogP contribution in [-0.4, -0.2) is 33.9 Å². The lowest BCUT2D eigenvalue weighted by Crippen LogP contribution is -2.62. The van der Waals surface area contributed by atoms with Crippen LogP contribution < -0.4 is 0 Å². The average molecular weight is 405 g/mol. The molecule has 0 aromatic carbocycles. The van der Waals surface area contributed by atoms with Gasteiger partial charge in [0.15, 0.2) is 0 Å². The summed E-state index contributed by atoms with van der Waals surface area (Å²) >= 11 is 0. The molecule has 0 amide bonds. The number of aliphatic hydroxyl groups excluding tert-OH is 1. The molecule has 0 aromatic rings. The number of carbonyl (C=O) groups excluding carboxylic acids is 2. The molecule has 4 saturated carbocycles. The van der Waals surface area contributed by atoms with Gasteiger partial charge in [0.25, 0.3) is 0 Å². The van der Waals surface area contributed by atoms with Crippen LogP contribution in [0, 0.1) is 46.3 Å². The topological polar surface area (TPSA) is 91.7 Å². The molecule has 2 N–H and O–H groups in total. The molecule has 4 aliphatic carbocycles. The van der Waals surface area contributed by atoms with Crippen LogP contribution in [-0.2, 0) is 14.4 Å². The van der Waals surface area contributed by atoms with Gasteiger partial charge in [-0.3, -0.25) is 14.4 Å². The van der Waals surface area contributed by atoms with Crippen LogP contribution in [0.5, 0.6) is 0 Å². The Kier molecular flexibility index (Phi) is 5.20. The number of rotatable bonds is 4. The summed E-state index contributed by atoms with van der Waals surface area (Å²) in [6.07, 6.45) is 6.46. The third kappa shape index (κ3) is 2.72. The number of ketones is 2. The van der Waals surface area contributed by atoms with Crippen molar-refractivity contribution < 1.29 is 24.6 Å². The minimum atomic E-state index is -0.833. The molecule has 162 valence electrons. The Morgan fingerprint density at radius 1 is 1.17 bits per heavy atom. The lowest BCUT2D eigenvalue weighted by Gasteiger charge is -2.60. The average Bonchev–Trinajstić information content (AvgIpc) is 2.87. The van der Waals surface area contributed by atoms with Gasteiger partial charge in [0.05, 0.1) is 11.5 Å². The molecule has 29 heavy (non-hydrogen) atoms. The zero-order valence-electron chi connectivity index (χ0n) is 18.0. The standard InChI is InChI=1S/C24H36O5/c1-4-7-13(2)18-20(26)21(27)19-17-15(9-11-23(18,19)3)24(22(28)29)10-6-5-8-14(24)12-16(17)25/h13-19,25H,4-12H2,1-3H3,(H,28,29)/t13-,14?,15+,16?,17+,18+,19-,23-,24-/m1/s1. The molecule has 5 heteroatoms. The predicted octanol–water partition coefficient (Wildman–Crippen LogP) is 3.87. The summed E-state index contributed by atoms with van der Waals surface area (Å²) < 4.78 is 0. The summed E-state index contributed by atoms with van der Waals surface area (Å²) in [7, 11) is 0. The Balaban J connectivity index is 1.77. The van der Waals surface area contributed by atoms with E-state index in [1.54, 1.807) is 0 Å². The van der Waals surface area contributed by atoms with E-state index < -0.39 is 34.7 Å². The second-order valence-electron chi connectivity index (χ2n) is 10.8. The maximum Gasteiger partial charge on any atom is 0.310 e. The van der Waals surface area contributed by atoms with Crippen molar-refractivity contribution in [3.8, 4) is 0 Å². The first-order chi connectivity index (χ1) is 13.7. The third-order valence-corrected chi connectivity index (χ3v) is 9.54. The van der Waals surface area contributed by atoms with Gasteiger partial charge in [-0.1, -0.05) is 46.5 Å². The number of Topliss-reactive ketones (excluding diaryl/α,β-unsaturated/α-hetero) is 2. The molecular weight excluding hydrogens is 368 g/mol. The largest absolute Gasteiger partial charge is 0.481 e. The minimum absolute atomic E-state index is 0.0172. The third-order valence-electron chi connectivity index (χ3n) is 9.54. The van der Waals surface area contributed by atoms with Crippen molar-refractivity contribution >= 4 is 17.5 Å². The van der Waals surface area contributed by atoms with Crippen LogP contribution in [0.25, 0.3) is 0 Å². The summed E-state index contributed by atoms with van der Waals surface area (Å²) in [4.78, 5) is 39.0. The molecule has 4 aliphatic rings. The number of carboxylic acids is 1. The lowest BCUT2D eigenvalue weighted by atomic mass is 9.43. The van der Waals surface area contributed by atoms with Crippen molar-refractivity contribution in [2.24, 2.45) is 46.3 Å². The van der Waals surface area contributed by atoms with Crippen molar-refractivity contribution in [1.82, 2.24) is 0 Å². The number of fused-ring (bicyclic) bond motifs is 5. The molecule has 0 aromatic heterocycles. The van der Waals surface area contributed by atoms with E-state index in [1.807, 2.05) is 0 Å². The van der Waals surface area contributed by atoms with Crippen LogP contribution >= 0.6 is 0 Å². The molecular formula is C24H36O5. The molecule has 4 rings (SSSR count). The summed E-state index contributed by atoms with van der Waals surface area (Å²) in [6.45, 7) is 6.24. The molecule has 0 bridgehead atoms. The molecule has 2 unspecified atom stereocenters. The summed E-state index contributed by atoms with van der Waals surface area (Å²) in [6, 6.07) is 0. The fourth-order valence-corrected chi connectivity index (χ4v) is 8.51. The summed E-state index contributed by atoms with van der Waals surface area (Å²) in [5.74, 6) is -2.63. The van der Waals surface area contributed by atoms with Crippen LogP contribution in [0.4, 0.5) is 0 Å². The Labute approximate surface area is 173 Å². The van der Waals surface area contributed by atoms with Crippen LogP contribution in [0.3, 0.4) is 0 Å².